The van der Waals surface area contributed by atoms with Gasteiger partial charge >= 0.3 is 0 Å². The van der Waals surface area contributed by atoms with Gasteiger partial charge in [-0.1, -0.05) is 6.42 Å². The highest BCUT2D eigenvalue weighted by atomic mass is 16.2. The van der Waals surface area contributed by atoms with Crippen molar-refractivity contribution in [2.45, 2.75) is 64.5 Å². The molecule has 6 nitrogen and oxygen atoms in total. The Morgan fingerprint density at radius 3 is 2.63 bits per heavy atom. The van der Waals surface area contributed by atoms with E-state index in [2.05, 4.69) is 36.0 Å². The molecular weight excluding hydrogens is 340 g/mol. The molecule has 1 saturated heterocycles. The second-order valence-corrected chi connectivity index (χ2v) is 8.60. The third kappa shape index (κ3) is 4.91. The van der Waals surface area contributed by atoms with E-state index >= 15 is 0 Å². The average molecular weight is 377 g/mol. The Bertz CT molecular complexity index is 579. The van der Waals surface area contributed by atoms with Crippen molar-refractivity contribution in [2.24, 2.45) is 0 Å². The SMILES string of the molecule is CC(C)N1C(=O)C(CC(=O)NCCCN2CCN(C)CC2)=C2CCCCC21. The highest BCUT2D eigenvalue weighted by Crippen LogP contribution is 2.38. The number of rotatable bonds is 7. The fourth-order valence-corrected chi connectivity index (χ4v) is 4.70. The number of likely N-dealkylation sites (N-methyl/N-ethyl adjacent to an activating group) is 1. The molecule has 27 heavy (non-hydrogen) atoms. The highest BCUT2D eigenvalue weighted by Gasteiger charge is 2.41. The Hall–Kier alpha value is -1.40. The fraction of sp³-hybridized carbons (Fsp3) is 0.810. The van der Waals surface area contributed by atoms with Crippen molar-refractivity contribution in [2.75, 3.05) is 46.3 Å². The van der Waals surface area contributed by atoms with E-state index in [9.17, 15) is 9.59 Å². The molecule has 3 rings (SSSR count). The Morgan fingerprint density at radius 2 is 1.93 bits per heavy atom. The van der Waals surface area contributed by atoms with Gasteiger partial charge in [0.15, 0.2) is 0 Å². The molecule has 3 aliphatic rings. The summed E-state index contributed by atoms with van der Waals surface area (Å²) >= 11 is 0. The van der Waals surface area contributed by atoms with Gasteiger partial charge in [-0.3, -0.25) is 9.59 Å². The molecule has 1 unspecified atom stereocenters. The summed E-state index contributed by atoms with van der Waals surface area (Å²) in [7, 11) is 2.16. The van der Waals surface area contributed by atoms with Crippen molar-refractivity contribution >= 4 is 11.8 Å². The standard InChI is InChI=1S/C21H36N4O2/c1-16(2)25-19-8-5-4-7-17(19)18(21(25)27)15-20(26)22-9-6-10-24-13-11-23(3)12-14-24/h16,19H,4-15H2,1-3H3,(H,22,26). The molecule has 1 atom stereocenters. The zero-order chi connectivity index (χ0) is 19.4. The lowest BCUT2D eigenvalue weighted by molar-refractivity contribution is -0.130. The second-order valence-electron chi connectivity index (χ2n) is 8.60. The van der Waals surface area contributed by atoms with Gasteiger partial charge in [0.1, 0.15) is 0 Å². The number of amides is 2. The van der Waals surface area contributed by atoms with Crippen LogP contribution in [0.4, 0.5) is 0 Å². The first-order valence-electron chi connectivity index (χ1n) is 10.7. The summed E-state index contributed by atoms with van der Waals surface area (Å²) in [5.41, 5.74) is 2.03. The number of piperazine rings is 1. The number of carbonyl (C=O) groups excluding carboxylic acids is 2. The molecule has 0 aromatic carbocycles. The Balaban J connectivity index is 1.46. The molecular formula is C21H36N4O2. The normalized spacial score (nSPS) is 24.7. The predicted molar refractivity (Wildman–Crippen MR) is 107 cm³/mol. The van der Waals surface area contributed by atoms with Crippen LogP contribution in [0, 0.1) is 0 Å². The quantitative estimate of drug-likeness (QED) is 0.686. The number of hydrogen-bond acceptors (Lipinski definition) is 4. The lowest BCUT2D eigenvalue weighted by Crippen LogP contribution is -2.45. The van der Waals surface area contributed by atoms with Gasteiger partial charge in [0, 0.05) is 44.3 Å². The van der Waals surface area contributed by atoms with E-state index in [1.165, 1.54) is 12.0 Å². The minimum atomic E-state index is -0.000780. The maximum absolute atomic E-state index is 12.9. The molecule has 1 saturated carbocycles. The van der Waals surface area contributed by atoms with Gasteiger partial charge in [-0.2, -0.15) is 0 Å². The summed E-state index contributed by atoms with van der Waals surface area (Å²) in [6.45, 7) is 10.3. The van der Waals surface area contributed by atoms with E-state index in [0.717, 1.165) is 64.0 Å². The van der Waals surface area contributed by atoms with Crippen LogP contribution in [0.25, 0.3) is 0 Å². The van der Waals surface area contributed by atoms with Gasteiger partial charge in [0.2, 0.25) is 5.91 Å². The molecule has 1 N–H and O–H groups in total. The minimum Gasteiger partial charge on any atom is -0.356 e. The number of nitrogens with one attached hydrogen (secondary N) is 1. The van der Waals surface area contributed by atoms with Gasteiger partial charge in [-0.15, -0.1) is 0 Å². The third-order valence-electron chi connectivity index (χ3n) is 6.25. The van der Waals surface area contributed by atoms with Crippen molar-refractivity contribution in [1.29, 1.82) is 0 Å². The largest absolute Gasteiger partial charge is 0.356 e. The van der Waals surface area contributed by atoms with Crippen molar-refractivity contribution in [3.05, 3.63) is 11.1 Å². The molecule has 2 aliphatic heterocycles. The third-order valence-corrected chi connectivity index (χ3v) is 6.25. The lowest BCUT2D eigenvalue weighted by atomic mass is 9.88. The Morgan fingerprint density at radius 1 is 1.19 bits per heavy atom. The van der Waals surface area contributed by atoms with Crippen molar-refractivity contribution in [3.8, 4) is 0 Å². The molecule has 0 radical (unpaired) electrons. The molecule has 0 aromatic rings. The maximum Gasteiger partial charge on any atom is 0.251 e. The highest BCUT2D eigenvalue weighted by molar-refractivity contribution is 6.02. The maximum atomic E-state index is 12.9. The van der Waals surface area contributed by atoms with E-state index in [0.29, 0.717) is 6.54 Å². The first-order chi connectivity index (χ1) is 13.0. The first kappa shape index (κ1) is 20.3. The fourth-order valence-electron chi connectivity index (χ4n) is 4.70. The van der Waals surface area contributed by atoms with Crippen LogP contribution < -0.4 is 5.32 Å². The summed E-state index contributed by atoms with van der Waals surface area (Å²) < 4.78 is 0. The summed E-state index contributed by atoms with van der Waals surface area (Å²) in [5, 5.41) is 3.04. The molecule has 6 heteroatoms. The van der Waals surface area contributed by atoms with Gasteiger partial charge in [-0.25, -0.2) is 0 Å². The van der Waals surface area contributed by atoms with Crippen molar-refractivity contribution < 1.29 is 9.59 Å². The van der Waals surface area contributed by atoms with Gasteiger partial charge in [0.25, 0.3) is 5.91 Å². The van der Waals surface area contributed by atoms with Crippen molar-refractivity contribution in [3.63, 3.8) is 0 Å². The molecule has 0 spiro atoms. The smallest absolute Gasteiger partial charge is 0.251 e. The van der Waals surface area contributed by atoms with E-state index in [4.69, 9.17) is 0 Å². The zero-order valence-corrected chi connectivity index (χ0v) is 17.3. The number of hydrogen-bond donors (Lipinski definition) is 1. The molecule has 152 valence electrons. The van der Waals surface area contributed by atoms with Crippen molar-refractivity contribution in [1.82, 2.24) is 20.0 Å². The lowest BCUT2D eigenvalue weighted by Gasteiger charge is -2.33. The monoisotopic (exact) mass is 376 g/mol. The molecule has 2 fully saturated rings. The van der Waals surface area contributed by atoms with Crippen LogP contribution in [0.1, 0.15) is 52.4 Å². The van der Waals surface area contributed by atoms with Crippen LogP contribution in [-0.4, -0.2) is 84.9 Å². The summed E-state index contributed by atoms with van der Waals surface area (Å²) in [5.74, 6) is 0.0960. The van der Waals surface area contributed by atoms with Crippen LogP contribution in [0.3, 0.4) is 0 Å². The molecule has 1 aliphatic carbocycles. The number of fused-ring (bicyclic) bond motifs is 1. The topological polar surface area (TPSA) is 55.9 Å². The summed E-state index contributed by atoms with van der Waals surface area (Å²) in [6.07, 6.45) is 5.57. The van der Waals surface area contributed by atoms with Gasteiger partial charge in [-0.05, 0) is 58.7 Å². The van der Waals surface area contributed by atoms with Crippen LogP contribution in [-0.2, 0) is 9.59 Å². The Labute approximate surface area is 163 Å². The van der Waals surface area contributed by atoms with E-state index < -0.39 is 0 Å². The minimum absolute atomic E-state index is 0.000780. The molecule has 2 heterocycles. The van der Waals surface area contributed by atoms with E-state index in [1.54, 1.807) is 0 Å². The predicted octanol–water partition coefficient (Wildman–Crippen LogP) is 1.62. The zero-order valence-electron chi connectivity index (χ0n) is 17.3. The molecule has 0 bridgehead atoms. The summed E-state index contributed by atoms with van der Waals surface area (Å²) in [4.78, 5) is 32.2. The van der Waals surface area contributed by atoms with Crippen LogP contribution in [0.15, 0.2) is 11.1 Å². The molecule has 0 aromatic heterocycles. The number of nitrogens with zero attached hydrogens (tertiary/aromatic N) is 3. The second kappa shape index (κ2) is 9.20. The van der Waals surface area contributed by atoms with Crippen LogP contribution in [0.2, 0.25) is 0 Å². The molecule has 2 amide bonds. The Kier molecular flexibility index (Phi) is 6.93. The van der Waals surface area contributed by atoms with Crippen LogP contribution >= 0.6 is 0 Å². The first-order valence-corrected chi connectivity index (χ1v) is 10.7. The van der Waals surface area contributed by atoms with Crippen LogP contribution in [0.5, 0.6) is 0 Å². The van der Waals surface area contributed by atoms with E-state index in [1.807, 2.05) is 4.90 Å². The van der Waals surface area contributed by atoms with E-state index in [-0.39, 0.29) is 30.3 Å². The van der Waals surface area contributed by atoms with Gasteiger partial charge in [0.05, 0.1) is 12.5 Å². The number of carbonyl (C=O) groups is 2. The average Bonchev–Trinajstić information content (AvgIpc) is 2.92. The van der Waals surface area contributed by atoms with Gasteiger partial charge < -0.3 is 20.0 Å². The summed E-state index contributed by atoms with van der Waals surface area (Å²) in [6, 6.07) is 0.436.